The van der Waals surface area contributed by atoms with E-state index in [1.165, 1.54) is 23.2 Å². The minimum absolute atomic E-state index is 0.0850. The second-order valence-electron chi connectivity index (χ2n) is 5.47. The molecule has 2 heterocycles. The SMILES string of the molecule is CN(Cc1ccc(OC(F)F)cc1)C(=O)c1cnn2c1OCCC2. The van der Waals surface area contributed by atoms with Gasteiger partial charge in [-0.15, -0.1) is 0 Å². The summed E-state index contributed by atoms with van der Waals surface area (Å²) in [5.74, 6) is 0.381. The van der Waals surface area contributed by atoms with Gasteiger partial charge in [0.25, 0.3) is 5.91 Å². The molecule has 0 spiro atoms. The molecule has 0 saturated heterocycles. The Kier molecular flexibility index (Phi) is 4.64. The zero-order valence-corrected chi connectivity index (χ0v) is 13.1. The van der Waals surface area contributed by atoms with Crippen molar-refractivity contribution in [1.82, 2.24) is 14.7 Å². The Labute approximate surface area is 137 Å². The molecule has 128 valence electrons. The molecule has 0 fully saturated rings. The van der Waals surface area contributed by atoms with E-state index in [1.54, 1.807) is 23.9 Å². The summed E-state index contributed by atoms with van der Waals surface area (Å²) in [6.07, 6.45) is 2.38. The molecule has 1 aromatic heterocycles. The monoisotopic (exact) mass is 337 g/mol. The number of hydrogen-bond donors (Lipinski definition) is 0. The van der Waals surface area contributed by atoms with Crippen LogP contribution in [0.25, 0.3) is 0 Å². The minimum atomic E-state index is -2.85. The van der Waals surface area contributed by atoms with Crippen LogP contribution in [0.4, 0.5) is 8.78 Å². The van der Waals surface area contributed by atoms with Crippen LogP contribution in [0.5, 0.6) is 11.6 Å². The Morgan fingerprint density at radius 3 is 2.88 bits per heavy atom. The molecule has 1 aliphatic rings. The van der Waals surface area contributed by atoms with Crippen molar-refractivity contribution in [2.45, 2.75) is 26.1 Å². The van der Waals surface area contributed by atoms with Crippen LogP contribution in [0.2, 0.25) is 0 Å². The Bertz CT molecular complexity index is 716. The summed E-state index contributed by atoms with van der Waals surface area (Å²) in [5.41, 5.74) is 1.23. The van der Waals surface area contributed by atoms with Crippen LogP contribution in [0, 0.1) is 0 Å². The number of carbonyl (C=O) groups excluding carboxylic acids is 1. The number of carbonyl (C=O) groups is 1. The van der Waals surface area contributed by atoms with Gasteiger partial charge in [0.15, 0.2) is 0 Å². The van der Waals surface area contributed by atoms with Crippen molar-refractivity contribution in [3.05, 3.63) is 41.6 Å². The maximum absolute atomic E-state index is 12.6. The van der Waals surface area contributed by atoms with E-state index in [2.05, 4.69) is 9.84 Å². The number of benzene rings is 1. The van der Waals surface area contributed by atoms with Crippen molar-refractivity contribution >= 4 is 5.91 Å². The van der Waals surface area contributed by atoms with Crippen molar-refractivity contribution < 1.29 is 23.0 Å². The van der Waals surface area contributed by atoms with Gasteiger partial charge in [-0.25, -0.2) is 4.68 Å². The lowest BCUT2D eigenvalue weighted by Gasteiger charge is -2.19. The lowest BCUT2D eigenvalue weighted by molar-refractivity contribution is -0.0498. The van der Waals surface area contributed by atoms with Crippen molar-refractivity contribution in [3.8, 4) is 11.6 Å². The van der Waals surface area contributed by atoms with Gasteiger partial charge in [-0.05, 0) is 17.7 Å². The first-order valence-corrected chi connectivity index (χ1v) is 7.52. The van der Waals surface area contributed by atoms with Gasteiger partial charge >= 0.3 is 6.61 Å². The highest BCUT2D eigenvalue weighted by Gasteiger charge is 2.24. The van der Waals surface area contributed by atoms with Crippen LogP contribution in [0.3, 0.4) is 0 Å². The summed E-state index contributed by atoms with van der Waals surface area (Å²) in [5, 5.41) is 4.16. The average Bonchev–Trinajstić information content (AvgIpc) is 2.99. The number of rotatable bonds is 5. The molecule has 24 heavy (non-hydrogen) atoms. The standard InChI is InChI=1S/C16H17F2N3O3/c1-20(10-11-3-5-12(6-4-11)24-16(17)18)14(22)13-9-19-21-7-2-8-23-15(13)21/h3-6,9,16H,2,7-8,10H2,1H3. The van der Waals surface area contributed by atoms with Gasteiger partial charge in [0.2, 0.25) is 5.88 Å². The Morgan fingerprint density at radius 1 is 1.42 bits per heavy atom. The first-order chi connectivity index (χ1) is 11.5. The fraction of sp³-hybridized carbons (Fsp3) is 0.375. The van der Waals surface area contributed by atoms with Crippen LogP contribution < -0.4 is 9.47 Å². The molecule has 1 aromatic carbocycles. The third kappa shape index (κ3) is 3.47. The molecule has 0 aliphatic carbocycles. The number of fused-ring (bicyclic) bond motifs is 1. The van der Waals surface area contributed by atoms with Crippen LogP contribution >= 0.6 is 0 Å². The maximum Gasteiger partial charge on any atom is 0.387 e. The molecule has 0 radical (unpaired) electrons. The molecule has 0 atom stereocenters. The summed E-state index contributed by atoms with van der Waals surface area (Å²) in [6.45, 7) is -1.22. The van der Waals surface area contributed by atoms with E-state index < -0.39 is 6.61 Å². The molecule has 8 heteroatoms. The van der Waals surface area contributed by atoms with Crippen molar-refractivity contribution in [3.63, 3.8) is 0 Å². The number of aryl methyl sites for hydroxylation is 1. The molecule has 1 amide bonds. The number of hydrogen-bond acceptors (Lipinski definition) is 4. The lowest BCUT2D eigenvalue weighted by atomic mass is 10.2. The normalized spacial score (nSPS) is 13.3. The molecule has 0 saturated carbocycles. The Morgan fingerprint density at radius 2 is 2.17 bits per heavy atom. The van der Waals surface area contributed by atoms with Gasteiger partial charge in [-0.2, -0.15) is 13.9 Å². The van der Waals surface area contributed by atoms with E-state index in [0.29, 0.717) is 24.6 Å². The van der Waals surface area contributed by atoms with Crippen molar-refractivity contribution in [2.24, 2.45) is 0 Å². The topological polar surface area (TPSA) is 56.6 Å². The first-order valence-electron chi connectivity index (χ1n) is 7.52. The number of amides is 1. The summed E-state index contributed by atoms with van der Waals surface area (Å²) in [7, 11) is 1.67. The van der Waals surface area contributed by atoms with E-state index in [1.807, 2.05) is 0 Å². The fourth-order valence-electron chi connectivity index (χ4n) is 2.54. The smallest absolute Gasteiger partial charge is 0.387 e. The Hall–Kier alpha value is -2.64. The number of alkyl halides is 2. The molecule has 1 aliphatic heterocycles. The summed E-state index contributed by atoms with van der Waals surface area (Å²) >= 11 is 0. The molecule has 0 bridgehead atoms. The minimum Gasteiger partial charge on any atom is -0.477 e. The summed E-state index contributed by atoms with van der Waals surface area (Å²) in [6, 6.07) is 6.19. The quantitative estimate of drug-likeness (QED) is 0.841. The van der Waals surface area contributed by atoms with E-state index in [0.717, 1.165) is 18.5 Å². The van der Waals surface area contributed by atoms with Gasteiger partial charge in [-0.1, -0.05) is 12.1 Å². The molecular weight excluding hydrogens is 320 g/mol. The highest BCUT2D eigenvalue weighted by atomic mass is 19.3. The second-order valence-corrected chi connectivity index (χ2v) is 5.47. The average molecular weight is 337 g/mol. The molecule has 6 nitrogen and oxygen atoms in total. The third-order valence-corrected chi connectivity index (χ3v) is 3.69. The predicted octanol–water partition coefficient (Wildman–Crippen LogP) is 2.54. The summed E-state index contributed by atoms with van der Waals surface area (Å²) < 4.78 is 35.8. The van der Waals surface area contributed by atoms with Gasteiger partial charge < -0.3 is 14.4 Å². The molecule has 0 unspecified atom stereocenters. The van der Waals surface area contributed by atoms with Crippen molar-refractivity contribution in [2.75, 3.05) is 13.7 Å². The van der Waals surface area contributed by atoms with E-state index in [4.69, 9.17) is 4.74 Å². The lowest BCUT2D eigenvalue weighted by Crippen LogP contribution is -2.27. The van der Waals surface area contributed by atoms with Gasteiger partial charge in [0.1, 0.15) is 11.3 Å². The number of nitrogens with zero attached hydrogens (tertiary/aromatic N) is 3. The first kappa shape index (κ1) is 16.2. The maximum atomic E-state index is 12.6. The van der Waals surface area contributed by atoms with Gasteiger partial charge in [-0.3, -0.25) is 4.79 Å². The van der Waals surface area contributed by atoms with E-state index in [9.17, 15) is 13.6 Å². The summed E-state index contributed by atoms with van der Waals surface area (Å²) in [4.78, 5) is 14.1. The van der Waals surface area contributed by atoms with Crippen LogP contribution in [-0.4, -0.2) is 40.9 Å². The highest BCUT2D eigenvalue weighted by Crippen LogP contribution is 2.24. The van der Waals surface area contributed by atoms with E-state index >= 15 is 0 Å². The molecule has 2 aromatic rings. The Balaban J connectivity index is 1.67. The van der Waals surface area contributed by atoms with Gasteiger partial charge in [0, 0.05) is 26.6 Å². The fourth-order valence-corrected chi connectivity index (χ4v) is 2.54. The highest BCUT2D eigenvalue weighted by molar-refractivity contribution is 5.96. The van der Waals surface area contributed by atoms with Crippen LogP contribution in [-0.2, 0) is 13.1 Å². The van der Waals surface area contributed by atoms with Gasteiger partial charge in [0.05, 0.1) is 12.8 Å². The predicted molar refractivity (Wildman–Crippen MR) is 81.2 cm³/mol. The van der Waals surface area contributed by atoms with Crippen molar-refractivity contribution in [1.29, 1.82) is 0 Å². The zero-order chi connectivity index (χ0) is 17.1. The molecule has 0 N–H and O–H groups in total. The van der Waals surface area contributed by atoms with Crippen LogP contribution in [0.15, 0.2) is 30.5 Å². The third-order valence-electron chi connectivity index (χ3n) is 3.69. The zero-order valence-electron chi connectivity index (χ0n) is 13.1. The number of aromatic nitrogens is 2. The second kappa shape index (κ2) is 6.86. The van der Waals surface area contributed by atoms with E-state index in [-0.39, 0.29) is 11.7 Å². The molecular formula is C16H17F2N3O3. The van der Waals surface area contributed by atoms with Crippen LogP contribution in [0.1, 0.15) is 22.3 Å². The largest absolute Gasteiger partial charge is 0.477 e. The number of ether oxygens (including phenoxy) is 2. The number of halogens is 2. The molecule has 3 rings (SSSR count).